The van der Waals surface area contributed by atoms with Crippen molar-refractivity contribution in [1.82, 2.24) is 0 Å². The molecule has 0 aromatic heterocycles. The highest BCUT2D eigenvalue weighted by molar-refractivity contribution is 5.05. The van der Waals surface area contributed by atoms with Crippen molar-refractivity contribution in [3.05, 3.63) is 0 Å². The van der Waals surface area contributed by atoms with Crippen molar-refractivity contribution in [2.45, 2.75) is 53.9 Å². The Labute approximate surface area is 71.4 Å². The van der Waals surface area contributed by atoms with Gasteiger partial charge in [0.05, 0.1) is 0 Å². The summed E-state index contributed by atoms with van der Waals surface area (Å²) < 4.78 is 0. The Morgan fingerprint density at radius 2 is 1.64 bits per heavy atom. The Bertz CT molecular complexity index is 135. The average Bonchev–Trinajstić information content (AvgIpc) is 2.61. The molecular formula is C11H22. The van der Waals surface area contributed by atoms with Crippen LogP contribution in [0.1, 0.15) is 53.9 Å². The molecule has 1 aliphatic rings. The zero-order chi connectivity index (χ0) is 8.70. The summed E-state index contributed by atoms with van der Waals surface area (Å²) in [6.07, 6.45) is 4.24. The van der Waals surface area contributed by atoms with Gasteiger partial charge in [0.2, 0.25) is 0 Å². The summed E-state index contributed by atoms with van der Waals surface area (Å²) >= 11 is 0. The van der Waals surface area contributed by atoms with E-state index in [1.54, 1.807) is 0 Å². The van der Waals surface area contributed by atoms with Gasteiger partial charge in [-0.05, 0) is 23.2 Å². The summed E-state index contributed by atoms with van der Waals surface area (Å²) in [6, 6.07) is 0. The van der Waals surface area contributed by atoms with E-state index in [-0.39, 0.29) is 0 Å². The summed E-state index contributed by atoms with van der Waals surface area (Å²) in [5.41, 5.74) is 1.28. The van der Waals surface area contributed by atoms with E-state index < -0.39 is 0 Å². The highest BCUT2D eigenvalue weighted by atomic mass is 14.6. The van der Waals surface area contributed by atoms with Crippen LogP contribution < -0.4 is 0 Å². The molecule has 0 aliphatic heterocycles. The fourth-order valence-corrected chi connectivity index (χ4v) is 2.60. The first-order valence-corrected chi connectivity index (χ1v) is 4.96. The van der Waals surface area contributed by atoms with Crippen molar-refractivity contribution in [3.63, 3.8) is 0 Å². The molecule has 66 valence electrons. The van der Waals surface area contributed by atoms with E-state index in [9.17, 15) is 0 Å². The minimum Gasteiger partial charge on any atom is -0.0648 e. The van der Waals surface area contributed by atoms with Crippen molar-refractivity contribution >= 4 is 0 Å². The molecule has 0 amide bonds. The molecule has 0 radical (unpaired) electrons. The Balaban J connectivity index is 2.58. The van der Waals surface area contributed by atoms with E-state index in [4.69, 9.17) is 0 Å². The zero-order valence-electron chi connectivity index (χ0n) is 8.70. The smallest absolute Gasteiger partial charge is 0.0266 e. The number of rotatable bonds is 2. The second kappa shape index (κ2) is 2.50. The van der Waals surface area contributed by atoms with Crippen LogP contribution >= 0.6 is 0 Å². The third kappa shape index (κ3) is 1.45. The topological polar surface area (TPSA) is 0 Å². The van der Waals surface area contributed by atoms with Gasteiger partial charge in [0.15, 0.2) is 0 Å². The van der Waals surface area contributed by atoms with Crippen LogP contribution in [0.2, 0.25) is 0 Å². The summed E-state index contributed by atoms with van der Waals surface area (Å²) in [5, 5.41) is 0. The number of hydrogen-bond donors (Lipinski definition) is 0. The minimum absolute atomic E-state index is 0.548. The molecule has 11 heavy (non-hydrogen) atoms. The van der Waals surface area contributed by atoms with Crippen LogP contribution in [0.15, 0.2) is 0 Å². The fourth-order valence-electron chi connectivity index (χ4n) is 2.60. The maximum absolute atomic E-state index is 2.38. The molecule has 1 saturated carbocycles. The maximum atomic E-state index is 2.38. The molecule has 0 aromatic rings. The lowest BCUT2D eigenvalue weighted by Crippen LogP contribution is -2.14. The SMILES string of the molecule is CCC1(CC)CC1C(C)(C)C. The molecule has 0 saturated heterocycles. The third-order valence-corrected chi connectivity index (χ3v) is 3.64. The maximum Gasteiger partial charge on any atom is -0.0266 e. The van der Waals surface area contributed by atoms with Crippen LogP contribution in [-0.2, 0) is 0 Å². The lowest BCUT2D eigenvalue weighted by Gasteiger charge is -2.23. The Morgan fingerprint density at radius 1 is 1.18 bits per heavy atom. The van der Waals surface area contributed by atoms with Crippen LogP contribution in [0, 0.1) is 16.7 Å². The molecule has 0 spiro atoms. The molecule has 1 aliphatic carbocycles. The van der Waals surface area contributed by atoms with Gasteiger partial charge in [0, 0.05) is 0 Å². The van der Waals surface area contributed by atoms with Crippen LogP contribution in [0.4, 0.5) is 0 Å². The molecule has 0 N–H and O–H groups in total. The summed E-state index contributed by atoms with van der Waals surface area (Å²) in [5.74, 6) is 0.991. The average molecular weight is 154 g/mol. The standard InChI is InChI=1S/C11H22/c1-6-11(7-2)8-9(11)10(3,4)5/h9H,6-8H2,1-5H3. The molecule has 1 atom stereocenters. The lowest BCUT2D eigenvalue weighted by atomic mass is 9.82. The molecule has 1 fully saturated rings. The normalized spacial score (nSPS) is 28.6. The van der Waals surface area contributed by atoms with E-state index in [1.165, 1.54) is 19.3 Å². The van der Waals surface area contributed by atoms with Gasteiger partial charge in [0.25, 0.3) is 0 Å². The van der Waals surface area contributed by atoms with Gasteiger partial charge in [-0.25, -0.2) is 0 Å². The lowest BCUT2D eigenvalue weighted by molar-refractivity contribution is 0.268. The molecule has 1 rings (SSSR count). The molecule has 0 heterocycles. The first-order valence-electron chi connectivity index (χ1n) is 4.96. The fraction of sp³-hybridized carbons (Fsp3) is 1.00. The van der Waals surface area contributed by atoms with Gasteiger partial charge in [-0.15, -0.1) is 0 Å². The molecule has 0 aromatic carbocycles. The summed E-state index contributed by atoms with van der Waals surface area (Å²) in [7, 11) is 0. The molecule has 0 bridgehead atoms. The van der Waals surface area contributed by atoms with Crippen LogP contribution in [0.25, 0.3) is 0 Å². The molecular weight excluding hydrogens is 132 g/mol. The Kier molecular flexibility index (Phi) is 2.07. The van der Waals surface area contributed by atoms with Gasteiger partial charge in [0.1, 0.15) is 0 Å². The van der Waals surface area contributed by atoms with Gasteiger partial charge in [-0.2, -0.15) is 0 Å². The van der Waals surface area contributed by atoms with E-state index >= 15 is 0 Å². The predicted octanol–water partition coefficient (Wildman–Crippen LogP) is 3.86. The largest absolute Gasteiger partial charge is 0.0648 e. The molecule has 0 heteroatoms. The van der Waals surface area contributed by atoms with Gasteiger partial charge in [-0.1, -0.05) is 47.5 Å². The quantitative estimate of drug-likeness (QED) is 0.566. The zero-order valence-corrected chi connectivity index (χ0v) is 8.70. The van der Waals surface area contributed by atoms with E-state index in [2.05, 4.69) is 34.6 Å². The van der Waals surface area contributed by atoms with Crippen LogP contribution in [0.5, 0.6) is 0 Å². The second-order valence-corrected chi connectivity index (χ2v) is 5.19. The first kappa shape index (κ1) is 9.09. The van der Waals surface area contributed by atoms with E-state index in [0.29, 0.717) is 5.41 Å². The summed E-state index contributed by atoms with van der Waals surface area (Å²) in [4.78, 5) is 0. The van der Waals surface area contributed by atoms with Crippen molar-refractivity contribution in [2.24, 2.45) is 16.7 Å². The molecule has 0 nitrogen and oxygen atoms in total. The highest BCUT2D eigenvalue weighted by Gasteiger charge is 2.55. The first-order chi connectivity index (χ1) is 4.96. The predicted molar refractivity (Wildman–Crippen MR) is 50.6 cm³/mol. The van der Waals surface area contributed by atoms with Crippen molar-refractivity contribution in [3.8, 4) is 0 Å². The van der Waals surface area contributed by atoms with Crippen molar-refractivity contribution in [2.75, 3.05) is 0 Å². The van der Waals surface area contributed by atoms with Crippen LogP contribution in [0.3, 0.4) is 0 Å². The summed E-state index contributed by atoms with van der Waals surface area (Å²) in [6.45, 7) is 11.8. The molecule has 1 unspecified atom stereocenters. The second-order valence-electron chi connectivity index (χ2n) is 5.19. The van der Waals surface area contributed by atoms with E-state index in [1.807, 2.05) is 0 Å². The van der Waals surface area contributed by atoms with Gasteiger partial charge < -0.3 is 0 Å². The van der Waals surface area contributed by atoms with Crippen molar-refractivity contribution in [1.29, 1.82) is 0 Å². The Morgan fingerprint density at radius 3 is 1.73 bits per heavy atom. The van der Waals surface area contributed by atoms with Crippen molar-refractivity contribution < 1.29 is 0 Å². The third-order valence-electron chi connectivity index (χ3n) is 3.64. The minimum atomic E-state index is 0.548. The van der Waals surface area contributed by atoms with Gasteiger partial charge in [-0.3, -0.25) is 0 Å². The van der Waals surface area contributed by atoms with Crippen LogP contribution in [-0.4, -0.2) is 0 Å². The Hall–Kier alpha value is 0. The van der Waals surface area contributed by atoms with E-state index in [0.717, 1.165) is 11.3 Å². The highest BCUT2D eigenvalue weighted by Crippen LogP contribution is 2.64. The number of hydrogen-bond acceptors (Lipinski definition) is 0. The monoisotopic (exact) mass is 154 g/mol. The van der Waals surface area contributed by atoms with Gasteiger partial charge >= 0.3 is 0 Å².